The van der Waals surface area contributed by atoms with E-state index in [1.165, 1.54) is 215 Å². The number of rotatable bonds is 11. The van der Waals surface area contributed by atoms with Crippen LogP contribution in [0, 0.1) is 0 Å². The summed E-state index contributed by atoms with van der Waals surface area (Å²) in [6, 6.07) is 149. The molecule has 124 heavy (non-hydrogen) atoms. The summed E-state index contributed by atoms with van der Waals surface area (Å²) in [5, 5.41) is 15.3. The first-order valence-corrected chi connectivity index (χ1v) is 43.9. The molecule has 0 fully saturated rings. The fourth-order valence-corrected chi connectivity index (χ4v) is 19.0. The Balaban J connectivity index is 0.000000158. The second kappa shape index (κ2) is 31.1. The molecule has 0 aliphatic rings. The predicted octanol–water partition coefficient (Wildman–Crippen LogP) is 34.4. The number of hydrogen-bond acceptors (Lipinski definition) is 0. The Kier molecular flexibility index (Phi) is 19.6. The number of benzene rings is 19. The van der Waals surface area contributed by atoms with Crippen LogP contribution < -0.4 is 0 Å². The Hall–Kier alpha value is -14.2. The average molecular weight is 1600 g/mol. The number of para-hydroxylation sites is 2. The molecule has 0 bridgehead atoms. The molecule has 21 rings (SSSR count). The van der Waals surface area contributed by atoms with Gasteiger partial charge in [-0.2, -0.15) is 0 Å². The molecule has 0 aliphatic heterocycles. The molecule has 0 amide bonds. The van der Waals surface area contributed by atoms with Gasteiger partial charge >= 0.3 is 0 Å². The Morgan fingerprint density at radius 3 is 0.548 bits per heavy atom. The van der Waals surface area contributed by atoms with Gasteiger partial charge in [0, 0.05) is 32.9 Å². The van der Waals surface area contributed by atoms with E-state index in [0.29, 0.717) is 0 Å². The molecule has 0 unspecified atom stereocenters. The van der Waals surface area contributed by atoms with Crippen molar-refractivity contribution in [3.05, 3.63) is 423 Å². The van der Waals surface area contributed by atoms with Gasteiger partial charge in [0.25, 0.3) is 0 Å². The Morgan fingerprint density at radius 2 is 0.315 bits per heavy atom. The maximum Gasteiger partial charge on any atom is 0.0541 e. The van der Waals surface area contributed by atoms with Crippen molar-refractivity contribution in [2.45, 2.75) is 105 Å². The summed E-state index contributed by atoms with van der Waals surface area (Å²) >= 11 is 0. The molecule has 600 valence electrons. The number of aromatic nitrogens is 2. The Morgan fingerprint density at radius 1 is 0.137 bits per heavy atom. The summed E-state index contributed by atoms with van der Waals surface area (Å²) in [4.78, 5) is 0. The zero-order valence-electron chi connectivity index (χ0n) is 73.0. The quantitative estimate of drug-likeness (QED) is 0.114. The van der Waals surface area contributed by atoms with Gasteiger partial charge in [0.15, 0.2) is 0 Å². The molecule has 0 saturated carbocycles. The lowest BCUT2D eigenvalue weighted by Crippen LogP contribution is -2.11. The molecular formula is C122H102N2. The van der Waals surface area contributed by atoms with Gasteiger partial charge in [0.2, 0.25) is 0 Å². The van der Waals surface area contributed by atoms with E-state index in [1.54, 1.807) is 0 Å². The van der Waals surface area contributed by atoms with E-state index >= 15 is 0 Å². The lowest BCUT2D eigenvalue weighted by molar-refractivity contribution is 0.590. The van der Waals surface area contributed by atoms with Gasteiger partial charge in [-0.1, -0.05) is 386 Å². The van der Waals surface area contributed by atoms with Crippen molar-refractivity contribution in [2.24, 2.45) is 0 Å². The summed E-state index contributed by atoms with van der Waals surface area (Å²) in [6.07, 6.45) is 0. The van der Waals surface area contributed by atoms with E-state index in [-0.39, 0.29) is 21.7 Å². The van der Waals surface area contributed by atoms with Crippen molar-refractivity contribution in [1.82, 2.24) is 9.13 Å². The van der Waals surface area contributed by atoms with Crippen molar-refractivity contribution in [1.29, 1.82) is 0 Å². The molecule has 21 aromatic rings. The fraction of sp³-hybridized carbons (Fsp3) is 0.131. The van der Waals surface area contributed by atoms with Gasteiger partial charge < -0.3 is 9.13 Å². The van der Waals surface area contributed by atoms with Crippen LogP contribution in [0.15, 0.2) is 400 Å². The highest BCUT2D eigenvalue weighted by Gasteiger charge is 2.27. The van der Waals surface area contributed by atoms with E-state index in [9.17, 15) is 0 Å². The van der Waals surface area contributed by atoms with Crippen LogP contribution >= 0.6 is 0 Å². The zero-order valence-corrected chi connectivity index (χ0v) is 73.0. The van der Waals surface area contributed by atoms with Gasteiger partial charge in [-0.05, 0) is 284 Å². The molecule has 2 nitrogen and oxygen atoms in total. The van der Waals surface area contributed by atoms with E-state index in [0.717, 1.165) is 5.69 Å². The smallest absolute Gasteiger partial charge is 0.0541 e. The van der Waals surface area contributed by atoms with E-state index < -0.39 is 0 Å². The summed E-state index contributed by atoms with van der Waals surface area (Å²) in [5.74, 6) is 0. The summed E-state index contributed by atoms with van der Waals surface area (Å²) in [5.41, 5.74) is 34.8. The standard InChI is InChI=1S/C64H53N.C58H49N/c1-63(2,3)50-33-35-54-57(40-50)61(46-26-22-44(23-27-46)42-16-10-7-11-17-42)53-34-32-51(64(4,5)6)41-58(53)62(54)47-28-24-45(25-29-47)49-31-37-60-56(39-49)55-38-48(43-18-12-8-13-19-43)30-36-59(55)65(60)52-20-14-9-15-21-52;1-57(2,3)44-29-31-48-51(36-44)55(40-18-12-8-13-19-40)47-30-28-45(58(4,5)6)37-52(47)56(48)41-24-22-39(23-25-41)43-27-33-54-50(35-43)49-34-42(38-16-10-7-11-17-38)26-32-53(49)59(54)46-20-14-9-15-21-46/h7-41H,1-6H3;7-37H,1-6H3. The first-order valence-electron chi connectivity index (χ1n) is 43.9. The van der Waals surface area contributed by atoms with Crippen LogP contribution in [0.1, 0.15) is 105 Å². The molecule has 0 aliphatic carbocycles. The highest BCUT2D eigenvalue weighted by Crippen LogP contribution is 2.51. The van der Waals surface area contributed by atoms with Crippen molar-refractivity contribution in [2.75, 3.05) is 0 Å². The van der Waals surface area contributed by atoms with Gasteiger partial charge in [-0.3, -0.25) is 0 Å². The highest BCUT2D eigenvalue weighted by atomic mass is 15.0. The molecule has 19 aromatic carbocycles. The Labute approximate surface area is 729 Å². The van der Waals surface area contributed by atoms with Crippen LogP contribution in [0.3, 0.4) is 0 Å². The normalized spacial score (nSPS) is 12.2. The third-order valence-electron chi connectivity index (χ3n) is 25.8. The zero-order chi connectivity index (χ0) is 84.9. The van der Waals surface area contributed by atoms with Gasteiger partial charge in [0.05, 0.1) is 22.1 Å². The largest absolute Gasteiger partial charge is 0.309 e. The van der Waals surface area contributed by atoms with Crippen molar-refractivity contribution in [3.63, 3.8) is 0 Å². The summed E-state index contributed by atoms with van der Waals surface area (Å²) in [6.45, 7) is 27.8. The van der Waals surface area contributed by atoms with E-state index in [4.69, 9.17) is 0 Å². The fourth-order valence-electron chi connectivity index (χ4n) is 19.0. The lowest BCUT2D eigenvalue weighted by atomic mass is 9.79. The lowest BCUT2D eigenvalue weighted by Gasteiger charge is -2.25. The van der Waals surface area contributed by atoms with Crippen LogP contribution in [0.2, 0.25) is 0 Å². The van der Waals surface area contributed by atoms with Crippen LogP contribution in [-0.2, 0) is 21.7 Å². The minimum Gasteiger partial charge on any atom is -0.309 e. The topological polar surface area (TPSA) is 9.86 Å². The summed E-state index contributed by atoms with van der Waals surface area (Å²) in [7, 11) is 0. The maximum atomic E-state index is 2.47. The maximum absolute atomic E-state index is 2.47. The number of hydrogen-bond donors (Lipinski definition) is 0. The summed E-state index contributed by atoms with van der Waals surface area (Å²) < 4.78 is 4.80. The molecule has 0 saturated heterocycles. The molecule has 2 heteroatoms. The molecule has 0 N–H and O–H groups in total. The first-order chi connectivity index (χ1) is 60.0. The van der Waals surface area contributed by atoms with Crippen molar-refractivity contribution in [3.8, 4) is 112 Å². The molecule has 2 aromatic heterocycles. The van der Waals surface area contributed by atoms with Gasteiger partial charge in [0.1, 0.15) is 0 Å². The number of nitrogens with zero attached hydrogens (tertiary/aromatic N) is 2. The van der Waals surface area contributed by atoms with Crippen LogP contribution in [0.4, 0.5) is 0 Å². The molecular weight excluding hydrogens is 1490 g/mol. The minimum absolute atomic E-state index is 0.00684. The van der Waals surface area contributed by atoms with Crippen molar-refractivity contribution >= 4 is 86.7 Å². The SMILES string of the molecule is CC(C)(C)c1ccc2c(-c3ccc(-c4ccc5c(c4)c4cc(-c6ccccc6)ccc4n5-c4ccccc4)cc3)c3cc(C(C)(C)C)ccc3c(-c3ccc(-c4ccccc4)cc3)c2c1.CC(C)(C)c1ccc2c(-c3ccc(-c4ccc5c(c4)c4cc(-c6ccccc6)ccc4n5-c4ccccc4)cc3)c3cc(C(C)(C)C)ccc3c(-c3ccccc3)c2c1. The molecule has 2 heterocycles. The highest BCUT2D eigenvalue weighted by molar-refractivity contribution is 6.24. The minimum atomic E-state index is -0.0119. The van der Waals surface area contributed by atoms with Gasteiger partial charge in [-0.15, -0.1) is 0 Å². The second-order valence-electron chi connectivity index (χ2n) is 38.0. The van der Waals surface area contributed by atoms with Crippen molar-refractivity contribution < 1.29 is 0 Å². The molecule has 0 spiro atoms. The third-order valence-corrected chi connectivity index (χ3v) is 25.8. The average Bonchev–Trinajstić information content (AvgIpc) is 1.03. The van der Waals surface area contributed by atoms with E-state index in [2.05, 4.69) is 493 Å². The van der Waals surface area contributed by atoms with Crippen LogP contribution in [0.25, 0.3) is 198 Å². The van der Waals surface area contributed by atoms with Crippen LogP contribution in [0.5, 0.6) is 0 Å². The third kappa shape index (κ3) is 14.4. The Bertz CT molecular complexity index is 7640. The molecule has 0 radical (unpaired) electrons. The van der Waals surface area contributed by atoms with Gasteiger partial charge in [-0.25, -0.2) is 0 Å². The van der Waals surface area contributed by atoms with Crippen LogP contribution in [-0.4, -0.2) is 9.13 Å². The van der Waals surface area contributed by atoms with E-state index in [1.807, 2.05) is 0 Å². The first kappa shape index (κ1) is 78.4. The second-order valence-corrected chi connectivity index (χ2v) is 38.0. The molecule has 0 atom stereocenters. The predicted molar refractivity (Wildman–Crippen MR) is 535 cm³/mol. The monoisotopic (exact) mass is 1590 g/mol. The number of fused-ring (bicyclic) bond motifs is 10.